The molecule has 3 rings (SSSR count). The van der Waals surface area contributed by atoms with Gasteiger partial charge in [0.2, 0.25) is 0 Å². The first-order valence-corrected chi connectivity index (χ1v) is 8.63. The van der Waals surface area contributed by atoms with Crippen LogP contribution < -0.4 is 5.32 Å². The molecule has 0 fully saturated rings. The predicted molar refractivity (Wildman–Crippen MR) is 102 cm³/mol. The molecule has 0 aliphatic carbocycles. The molecule has 128 valence electrons. The number of hydrogen-bond donors (Lipinski definition) is 1. The van der Waals surface area contributed by atoms with Crippen LogP contribution in [0.5, 0.6) is 0 Å². The number of nitrogens with one attached hydrogen (secondary N) is 1. The maximum atomic E-state index is 12.6. The molecule has 4 nitrogen and oxygen atoms in total. The zero-order valence-electron chi connectivity index (χ0n) is 13.8. The van der Waals surface area contributed by atoms with Gasteiger partial charge in [0.05, 0.1) is 16.4 Å². The Kier molecular flexibility index (Phi) is 5.11. The highest BCUT2D eigenvalue weighted by molar-refractivity contribution is 6.33. The van der Waals surface area contributed by atoms with Gasteiger partial charge in [0, 0.05) is 16.6 Å². The lowest BCUT2D eigenvalue weighted by atomic mass is 10.1. The Morgan fingerprint density at radius 2 is 1.76 bits per heavy atom. The van der Waals surface area contributed by atoms with Gasteiger partial charge in [-0.2, -0.15) is 5.10 Å². The summed E-state index contributed by atoms with van der Waals surface area (Å²) in [6.07, 6.45) is 0. The Labute approximate surface area is 156 Å². The molecular formula is C19H17Cl2N3O. The molecule has 25 heavy (non-hydrogen) atoms. The molecule has 1 heterocycles. The van der Waals surface area contributed by atoms with E-state index in [1.54, 1.807) is 28.9 Å². The fraction of sp³-hybridized carbons (Fsp3) is 0.158. The minimum Gasteiger partial charge on any atom is -0.349 e. The Balaban J connectivity index is 2.13. The van der Waals surface area contributed by atoms with Gasteiger partial charge in [0.25, 0.3) is 5.91 Å². The zero-order valence-corrected chi connectivity index (χ0v) is 15.3. The second-order valence-electron chi connectivity index (χ2n) is 5.91. The monoisotopic (exact) mass is 373 g/mol. The van der Waals surface area contributed by atoms with E-state index in [9.17, 15) is 4.79 Å². The SMILES string of the molecule is CC(C)NC(=O)c1cc(-c2ccccc2Cl)nn1-c1ccc(Cl)cc1. The standard InChI is InChI=1S/C19H17Cl2N3O/c1-12(2)22-19(25)18-11-17(15-5-3-4-6-16(15)21)23-24(18)14-9-7-13(20)8-10-14/h3-12H,1-2H3,(H,22,25). The number of amides is 1. The van der Waals surface area contributed by atoms with Crippen molar-refractivity contribution < 1.29 is 4.79 Å². The Hall–Kier alpha value is -2.30. The van der Waals surface area contributed by atoms with E-state index in [2.05, 4.69) is 10.4 Å². The average molecular weight is 374 g/mol. The van der Waals surface area contributed by atoms with Crippen molar-refractivity contribution in [1.82, 2.24) is 15.1 Å². The van der Waals surface area contributed by atoms with Crippen LogP contribution in [-0.4, -0.2) is 21.7 Å². The van der Waals surface area contributed by atoms with E-state index in [1.807, 2.05) is 44.2 Å². The van der Waals surface area contributed by atoms with Gasteiger partial charge in [-0.15, -0.1) is 0 Å². The third kappa shape index (κ3) is 3.86. The number of benzene rings is 2. The van der Waals surface area contributed by atoms with Crippen LogP contribution in [0.3, 0.4) is 0 Å². The normalized spacial score (nSPS) is 10.9. The molecule has 0 radical (unpaired) electrons. The number of nitrogens with zero attached hydrogens (tertiary/aromatic N) is 2. The summed E-state index contributed by atoms with van der Waals surface area (Å²) in [4.78, 5) is 12.6. The van der Waals surface area contributed by atoms with Crippen molar-refractivity contribution in [2.45, 2.75) is 19.9 Å². The smallest absolute Gasteiger partial charge is 0.270 e. The zero-order chi connectivity index (χ0) is 18.0. The highest BCUT2D eigenvalue weighted by atomic mass is 35.5. The van der Waals surface area contributed by atoms with Gasteiger partial charge in [0.15, 0.2) is 0 Å². The van der Waals surface area contributed by atoms with E-state index < -0.39 is 0 Å². The van der Waals surface area contributed by atoms with Gasteiger partial charge in [-0.05, 0) is 50.2 Å². The predicted octanol–water partition coefficient (Wildman–Crippen LogP) is 4.98. The van der Waals surface area contributed by atoms with Crippen molar-refractivity contribution in [3.63, 3.8) is 0 Å². The van der Waals surface area contributed by atoms with Crippen molar-refractivity contribution in [2.24, 2.45) is 0 Å². The summed E-state index contributed by atoms with van der Waals surface area (Å²) >= 11 is 12.2. The molecule has 1 aromatic heterocycles. The maximum absolute atomic E-state index is 12.6. The van der Waals surface area contributed by atoms with Crippen LogP contribution in [0.2, 0.25) is 10.0 Å². The molecule has 0 spiro atoms. The molecule has 0 atom stereocenters. The van der Waals surface area contributed by atoms with Crippen LogP contribution in [0.1, 0.15) is 24.3 Å². The minimum absolute atomic E-state index is 0.0184. The van der Waals surface area contributed by atoms with Gasteiger partial charge in [-0.3, -0.25) is 4.79 Å². The fourth-order valence-corrected chi connectivity index (χ4v) is 2.82. The number of carbonyl (C=O) groups excluding carboxylic acids is 1. The van der Waals surface area contributed by atoms with E-state index in [0.717, 1.165) is 11.3 Å². The van der Waals surface area contributed by atoms with Crippen molar-refractivity contribution in [1.29, 1.82) is 0 Å². The Morgan fingerprint density at radius 3 is 2.40 bits per heavy atom. The van der Waals surface area contributed by atoms with Crippen molar-refractivity contribution in [3.8, 4) is 16.9 Å². The second kappa shape index (κ2) is 7.30. The third-order valence-corrected chi connectivity index (χ3v) is 4.16. The third-order valence-electron chi connectivity index (χ3n) is 3.58. The first-order valence-electron chi connectivity index (χ1n) is 7.87. The highest BCUT2D eigenvalue weighted by Gasteiger charge is 2.19. The lowest BCUT2D eigenvalue weighted by molar-refractivity contribution is 0.0935. The van der Waals surface area contributed by atoms with Gasteiger partial charge >= 0.3 is 0 Å². The average Bonchev–Trinajstić information content (AvgIpc) is 3.00. The largest absolute Gasteiger partial charge is 0.349 e. The van der Waals surface area contributed by atoms with E-state index in [4.69, 9.17) is 23.2 Å². The summed E-state index contributed by atoms with van der Waals surface area (Å²) in [6.45, 7) is 3.83. The summed E-state index contributed by atoms with van der Waals surface area (Å²) in [5.41, 5.74) is 2.59. The van der Waals surface area contributed by atoms with Crippen LogP contribution in [0.4, 0.5) is 0 Å². The van der Waals surface area contributed by atoms with E-state index in [0.29, 0.717) is 21.4 Å². The van der Waals surface area contributed by atoms with Gasteiger partial charge in [-0.1, -0.05) is 41.4 Å². The maximum Gasteiger partial charge on any atom is 0.270 e. The molecule has 6 heteroatoms. The van der Waals surface area contributed by atoms with Crippen molar-refractivity contribution >= 4 is 29.1 Å². The molecule has 0 saturated carbocycles. The first kappa shape index (κ1) is 17.5. The molecule has 1 N–H and O–H groups in total. The van der Waals surface area contributed by atoms with Crippen LogP contribution in [-0.2, 0) is 0 Å². The van der Waals surface area contributed by atoms with Gasteiger partial charge in [0.1, 0.15) is 5.69 Å². The van der Waals surface area contributed by atoms with E-state index >= 15 is 0 Å². The lowest BCUT2D eigenvalue weighted by Crippen LogP contribution is -2.31. The van der Waals surface area contributed by atoms with Crippen LogP contribution in [0.25, 0.3) is 16.9 Å². The van der Waals surface area contributed by atoms with Crippen LogP contribution in [0, 0.1) is 0 Å². The summed E-state index contributed by atoms with van der Waals surface area (Å²) in [5.74, 6) is -0.198. The first-order chi connectivity index (χ1) is 12.0. The fourth-order valence-electron chi connectivity index (χ4n) is 2.46. The molecular weight excluding hydrogens is 357 g/mol. The molecule has 0 saturated heterocycles. The number of rotatable bonds is 4. The summed E-state index contributed by atoms with van der Waals surface area (Å²) in [6, 6.07) is 16.3. The van der Waals surface area contributed by atoms with Crippen LogP contribution >= 0.6 is 23.2 Å². The number of hydrogen-bond acceptors (Lipinski definition) is 2. The molecule has 0 unspecified atom stereocenters. The Morgan fingerprint density at radius 1 is 1.08 bits per heavy atom. The highest BCUT2D eigenvalue weighted by Crippen LogP contribution is 2.28. The number of carbonyl (C=O) groups is 1. The molecule has 0 aliphatic rings. The van der Waals surface area contributed by atoms with Crippen molar-refractivity contribution in [3.05, 3.63) is 70.3 Å². The number of aromatic nitrogens is 2. The molecule has 0 aliphatic heterocycles. The number of halogens is 2. The van der Waals surface area contributed by atoms with Gasteiger partial charge in [-0.25, -0.2) is 4.68 Å². The van der Waals surface area contributed by atoms with Gasteiger partial charge < -0.3 is 5.32 Å². The minimum atomic E-state index is -0.198. The second-order valence-corrected chi connectivity index (χ2v) is 6.75. The van der Waals surface area contributed by atoms with E-state index in [-0.39, 0.29) is 11.9 Å². The van der Waals surface area contributed by atoms with Crippen molar-refractivity contribution in [2.75, 3.05) is 0 Å². The molecule has 3 aromatic rings. The topological polar surface area (TPSA) is 46.9 Å². The van der Waals surface area contributed by atoms with Crippen LogP contribution in [0.15, 0.2) is 54.6 Å². The summed E-state index contributed by atoms with van der Waals surface area (Å²) < 4.78 is 1.60. The summed E-state index contributed by atoms with van der Waals surface area (Å²) in [7, 11) is 0. The summed E-state index contributed by atoms with van der Waals surface area (Å²) in [5, 5.41) is 8.70. The Bertz CT molecular complexity index is 901. The molecule has 1 amide bonds. The molecule has 0 bridgehead atoms. The molecule has 2 aromatic carbocycles. The van der Waals surface area contributed by atoms with E-state index in [1.165, 1.54) is 0 Å². The quantitative estimate of drug-likeness (QED) is 0.700. The lowest BCUT2D eigenvalue weighted by Gasteiger charge is -2.10.